The number of hydrogen-bond acceptors (Lipinski definition) is 1. The molecule has 0 N–H and O–H groups in total. The molecule has 1 saturated carbocycles. The SMILES string of the molecule is FC1C(F)(F)C(F)(F)C(F)(F)C(F)(F)C1(F)Sc1ccccc1. The zero-order valence-corrected chi connectivity index (χ0v) is 11.5. The predicted molar refractivity (Wildman–Crippen MR) is 60.8 cm³/mol. The van der Waals surface area contributed by atoms with Crippen LogP contribution in [0.1, 0.15) is 0 Å². The maximum atomic E-state index is 14.3. The molecule has 0 nitrogen and oxygen atoms in total. The highest BCUT2D eigenvalue weighted by Gasteiger charge is 2.95. The molecule has 0 heterocycles. The van der Waals surface area contributed by atoms with Crippen molar-refractivity contribution < 1.29 is 43.9 Å². The minimum Gasteiger partial charge on any atom is -0.236 e. The van der Waals surface area contributed by atoms with Gasteiger partial charge in [0.1, 0.15) is 0 Å². The highest BCUT2D eigenvalue weighted by molar-refractivity contribution is 8.00. The van der Waals surface area contributed by atoms with Crippen LogP contribution in [0.4, 0.5) is 43.9 Å². The predicted octanol–water partition coefficient (Wildman–Crippen LogP) is 5.34. The van der Waals surface area contributed by atoms with Gasteiger partial charge in [-0.25, -0.2) is 8.78 Å². The molecule has 0 bridgehead atoms. The molecule has 0 aromatic heterocycles. The molecule has 0 amide bonds. The van der Waals surface area contributed by atoms with E-state index in [0.717, 1.165) is 24.3 Å². The van der Waals surface area contributed by atoms with Crippen molar-refractivity contribution >= 4 is 11.8 Å². The lowest BCUT2D eigenvalue weighted by Crippen LogP contribution is -2.79. The van der Waals surface area contributed by atoms with Crippen molar-refractivity contribution in [1.82, 2.24) is 0 Å². The molecule has 0 spiro atoms. The lowest BCUT2D eigenvalue weighted by Gasteiger charge is -2.49. The second-order valence-electron chi connectivity index (χ2n) is 4.77. The van der Waals surface area contributed by atoms with E-state index in [4.69, 9.17) is 0 Å². The van der Waals surface area contributed by atoms with Gasteiger partial charge in [-0.3, -0.25) is 0 Å². The molecule has 2 atom stereocenters. The number of rotatable bonds is 2. The first-order valence-electron chi connectivity index (χ1n) is 5.82. The third-order valence-corrected chi connectivity index (χ3v) is 4.56. The van der Waals surface area contributed by atoms with Gasteiger partial charge in [-0.05, 0) is 12.1 Å². The molecule has 1 aromatic carbocycles. The molecule has 1 aliphatic rings. The molecule has 130 valence electrons. The van der Waals surface area contributed by atoms with E-state index in [1.54, 1.807) is 0 Å². The van der Waals surface area contributed by atoms with Gasteiger partial charge in [-0.2, -0.15) is 35.1 Å². The van der Waals surface area contributed by atoms with Crippen molar-refractivity contribution in [1.29, 1.82) is 0 Å². The molecule has 1 aromatic rings. The van der Waals surface area contributed by atoms with E-state index in [2.05, 4.69) is 0 Å². The summed E-state index contributed by atoms with van der Waals surface area (Å²) >= 11 is -0.998. The van der Waals surface area contributed by atoms with Crippen molar-refractivity contribution in [2.24, 2.45) is 0 Å². The summed E-state index contributed by atoms with van der Waals surface area (Å²) < 4.78 is 134. The van der Waals surface area contributed by atoms with E-state index in [1.807, 2.05) is 0 Å². The van der Waals surface area contributed by atoms with Gasteiger partial charge in [-0.15, -0.1) is 0 Å². The van der Waals surface area contributed by atoms with Crippen LogP contribution in [0.3, 0.4) is 0 Å². The Morgan fingerprint density at radius 1 is 0.696 bits per heavy atom. The van der Waals surface area contributed by atoms with Crippen molar-refractivity contribution in [3.8, 4) is 0 Å². The molecule has 1 fully saturated rings. The van der Waals surface area contributed by atoms with Gasteiger partial charge in [0.15, 0.2) is 0 Å². The zero-order chi connectivity index (χ0) is 17.9. The molecule has 1 aliphatic carbocycles. The topological polar surface area (TPSA) is 0 Å². The zero-order valence-electron chi connectivity index (χ0n) is 10.7. The van der Waals surface area contributed by atoms with Crippen LogP contribution in [0.25, 0.3) is 0 Å². The van der Waals surface area contributed by atoms with Crippen molar-refractivity contribution in [2.45, 2.75) is 39.8 Å². The van der Waals surface area contributed by atoms with E-state index in [-0.39, 0.29) is 0 Å². The number of benzene rings is 1. The van der Waals surface area contributed by atoms with Gasteiger partial charge >= 0.3 is 23.7 Å². The quantitative estimate of drug-likeness (QED) is 0.632. The molecular formula is C12H6F10S. The second-order valence-corrected chi connectivity index (χ2v) is 6.04. The summed E-state index contributed by atoms with van der Waals surface area (Å²) in [5, 5.41) is -5.30. The van der Waals surface area contributed by atoms with Crippen LogP contribution in [-0.2, 0) is 0 Å². The largest absolute Gasteiger partial charge is 0.382 e. The third-order valence-electron chi connectivity index (χ3n) is 3.29. The second kappa shape index (κ2) is 4.93. The summed E-state index contributed by atoms with van der Waals surface area (Å²) in [6.45, 7) is 0. The molecular weight excluding hydrogens is 366 g/mol. The molecule has 0 aliphatic heterocycles. The van der Waals surface area contributed by atoms with E-state index >= 15 is 0 Å². The normalized spacial score (nSPS) is 34.1. The molecule has 0 radical (unpaired) electrons. The van der Waals surface area contributed by atoms with Crippen LogP contribution in [-0.4, -0.2) is 34.9 Å². The Balaban J connectivity index is 2.62. The highest BCUT2D eigenvalue weighted by atomic mass is 32.2. The average molecular weight is 372 g/mol. The van der Waals surface area contributed by atoms with Gasteiger partial charge < -0.3 is 0 Å². The maximum Gasteiger partial charge on any atom is 0.382 e. The number of hydrogen-bond donors (Lipinski definition) is 0. The third kappa shape index (κ3) is 2.07. The fourth-order valence-corrected chi connectivity index (χ4v) is 3.09. The first-order valence-corrected chi connectivity index (χ1v) is 6.63. The Morgan fingerprint density at radius 2 is 1.17 bits per heavy atom. The van der Waals surface area contributed by atoms with Crippen LogP contribution in [0.15, 0.2) is 35.2 Å². The molecule has 0 saturated heterocycles. The Morgan fingerprint density at radius 3 is 1.65 bits per heavy atom. The highest BCUT2D eigenvalue weighted by Crippen LogP contribution is 2.68. The lowest BCUT2D eigenvalue weighted by molar-refractivity contribution is -0.427. The van der Waals surface area contributed by atoms with Crippen LogP contribution < -0.4 is 0 Å². The summed E-state index contributed by atoms with van der Waals surface area (Å²) in [7, 11) is 0. The monoisotopic (exact) mass is 372 g/mol. The maximum absolute atomic E-state index is 14.3. The van der Waals surface area contributed by atoms with E-state index in [0.29, 0.717) is 0 Å². The Hall–Kier alpha value is -1.13. The molecule has 23 heavy (non-hydrogen) atoms. The van der Waals surface area contributed by atoms with E-state index in [1.165, 1.54) is 6.07 Å². The van der Waals surface area contributed by atoms with E-state index < -0.39 is 51.5 Å². The summed E-state index contributed by atoms with van der Waals surface area (Å²) in [5.74, 6) is -26.3. The van der Waals surface area contributed by atoms with Gasteiger partial charge in [0.2, 0.25) is 6.17 Å². The minimum atomic E-state index is -6.80. The molecule has 2 unspecified atom stereocenters. The summed E-state index contributed by atoms with van der Waals surface area (Å²) in [6.07, 6.45) is -4.87. The smallest absolute Gasteiger partial charge is 0.236 e. The van der Waals surface area contributed by atoms with Gasteiger partial charge in [0.05, 0.1) is 0 Å². The number of halogens is 10. The number of alkyl halides is 10. The first-order chi connectivity index (χ1) is 10.2. The Labute approximate surface area is 126 Å². The molecule has 11 heteroatoms. The van der Waals surface area contributed by atoms with Crippen LogP contribution >= 0.6 is 11.8 Å². The Kier molecular flexibility index (Phi) is 3.91. The molecule has 2 rings (SSSR count). The van der Waals surface area contributed by atoms with Crippen molar-refractivity contribution in [2.75, 3.05) is 0 Å². The van der Waals surface area contributed by atoms with Crippen molar-refractivity contribution in [3.63, 3.8) is 0 Å². The lowest BCUT2D eigenvalue weighted by atomic mass is 9.82. The van der Waals surface area contributed by atoms with Crippen LogP contribution in [0.2, 0.25) is 0 Å². The number of thioether (sulfide) groups is 1. The fraction of sp³-hybridized carbons (Fsp3) is 0.500. The summed E-state index contributed by atoms with van der Waals surface area (Å²) in [6, 6.07) is 5.18. The van der Waals surface area contributed by atoms with Crippen molar-refractivity contribution in [3.05, 3.63) is 30.3 Å². The standard InChI is InChI=1S/C12H6F10S/c13-7-8(14,15)10(17,18)12(21,22)11(19,20)9(7,16)23-6-4-2-1-3-5-6/h1-5,7H. The van der Waals surface area contributed by atoms with E-state index in [9.17, 15) is 43.9 Å². The van der Waals surface area contributed by atoms with Crippen LogP contribution in [0, 0.1) is 0 Å². The fourth-order valence-electron chi connectivity index (χ4n) is 1.95. The summed E-state index contributed by atoms with van der Waals surface area (Å²) in [5.41, 5.74) is 0. The minimum absolute atomic E-state index is 0.617. The van der Waals surface area contributed by atoms with Gasteiger partial charge in [-0.1, -0.05) is 30.0 Å². The Bertz CT molecular complexity index is 587. The van der Waals surface area contributed by atoms with Gasteiger partial charge in [0.25, 0.3) is 5.00 Å². The van der Waals surface area contributed by atoms with Crippen LogP contribution in [0.5, 0.6) is 0 Å². The van der Waals surface area contributed by atoms with Gasteiger partial charge in [0, 0.05) is 4.90 Å². The summed E-state index contributed by atoms with van der Waals surface area (Å²) in [4.78, 5) is -0.617. The average Bonchev–Trinajstić information content (AvgIpc) is 2.45. The first kappa shape index (κ1) is 18.2.